The average Bonchev–Trinajstić information content (AvgIpc) is 2.74. The van der Waals surface area contributed by atoms with Gasteiger partial charge in [0.2, 0.25) is 0 Å². The van der Waals surface area contributed by atoms with E-state index in [0.29, 0.717) is 18.8 Å². The predicted octanol–water partition coefficient (Wildman–Crippen LogP) is 3.29. The van der Waals surface area contributed by atoms with Crippen molar-refractivity contribution in [3.8, 4) is 11.5 Å². The maximum absolute atomic E-state index is 12.5. The lowest BCUT2D eigenvalue weighted by Crippen LogP contribution is -2.50. The molecule has 1 fully saturated rings. The van der Waals surface area contributed by atoms with Gasteiger partial charge in [-0.2, -0.15) is 0 Å². The van der Waals surface area contributed by atoms with Gasteiger partial charge in [0.05, 0.1) is 5.92 Å². The van der Waals surface area contributed by atoms with Crippen LogP contribution in [0.15, 0.2) is 54.6 Å². The van der Waals surface area contributed by atoms with E-state index in [1.165, 1.54) is 0 Å². The van der Waals surface area contributed by atoms with Gasteiger partial charge in [0, 0.05) is 26.2 Å². The molecule has 1 amide bonds. The number of rotatable bonds is 6. The molecule has 29 heavy (non-hydrogen) atoms. The first-order valence-electron chi connectivity index (χ1n) is 9.94. The van der Waals surface area contributed by atoms with Gasteiger partial charge >= 0.3 is 5.97 Å². The molecular formula is C23H28N2O4. The molecule has 0 bridgehead atoms. The largest absolute Gasteiger partial charge is 0.457 e. The SMILES string of the molecule is C[C@H](OC(=O)[C@@H](C)c1ccc(Oc2ccccc2)cc1)C(=O)N1CCN(C)CC1. The predicted molar refractivity (Wildman–Crippen MR) is 111 cm³/mol. The van der Waals surface area contributed by atoms with Crippen molar-refractivity contribution in [1.82, 2.24) is 9.80 Å². The second kappa shape index (κ2) is 9.56. The van der Waals surface area contributed by atoms with Crippen molar-refractivity contribution < 1.29 is 19.1 Å². The van der Waals surface area contributed by atoms with E-state index >= 15 is 0 Å². The second-order valence-electron chi connectivity index (χ2n) is 7.41. The zero-order valence-electron chi connectivity index (χ0n) is 17.2. The van der Waals surface area contributed by atoms with Crippen LogP contribution in [0.1, 0.15) is 25.3 Å². The van der Waals surface area contributed by atoms with Crippen LogP contribution < -0.4 is 4.74 Å². The summed E-state index contributed by atoms with van der Waals surface area (Å²) in [5.74, 6) is 0.438. The maximum Gasteiger partial charge on any atom is 0.313 e. The Morgan fingerprint density at radius 3 is 2.07 bits per heavy atom. The molecule has 1 aliphatic rings. The standard InChI is InChI=1S/C23H28N2O4/c1-17(19-9-11-21(12-10-19)29-20-7-5-4-6-8-20)23(27)28-18(2)22(26)25-15-13-24(3)14-16-25/h4-12,17-18H,13-16H2,1-3H3/t17-,18-/m0/s1. The monoisotopic (exact) mass is 396 g/mol. The molecule has 0 aromatic heterocycles. The number of likely N-dealkylation sites (N-methyl/N-ethyl adjacent to an activating group) is 1. The quantitative estimate of drug-likeness (QED) is 0.702. The van der Waals surface area contributed by atoms with Gasteiger partial charge in [-0.15, -0.1) is 0 Å². The first-order chi connectivity index (χ1) is 13.9. The fraction of sp³-hybridized carbons (Fsp3) is 0.391. The van der Waals surface area contributed by atoms with Gasteiger partial charge in [0.25, 0.3) is 5.91 Å². The summed E-state index contributed by atoms with van der Waals surface area (Å²) in [4.78, 5) is 29.0. The number of piperazine rings is 1. The molecular weight excluding hydrogens is 368 g/mol. The summed E-state index contributed by atoms with van der Waals surface area (Å²) >= 11 is 0. The number of carbonyl (C=O) groups is 2. The van der Waals surface area contributed by atoms with Gasteiger partial charge in [0.1, 0.15) is 11.5 Å². The van der Waals surface area contributed by atoms with E-state index < -0.39 is 18.0 Å². The van der Waals surface area contributed by atoms with Gasteiger partial charge in [0.15, 0.2) is 6.10 Å². The van der Waals surface area contributed by atoms with Gasteiger partial charge in [-0.05, 0) is 50.7 Å². The molecule has 6 nitrogen and oxygen atoms in total. The molecule has 0 N–H and O–H groups in total. The summed E-state index contributed by atoms with van der Waals surface area (Å²) in [6, 6.07) is 16.8. The van der Waals surface area contributed by atoms with Gasteiger partial charge in [-0.1, -0.05) is 30.3 Å². The Morgan fingerprint density at radius 2 is 1.45 bits per heavy atom. The number of esters is 1. The van der Waals surface area contributed by atoms with Crippen molar-refractivity contribution in [1.29, 1.82) is 0 Å². The van der Waals surface area contributed by atoms with Crippen molar-refractivity contribution >= 4 is 11.9 Å². The van der Waals surface area contributed by atoms with Crippen LogP contribution in [-0.4, -0.2) is 61.0 Å². The molecule has 1 heterocycles. The van der Waals surface area contributed by atoms with Crippen molar-refractivity contribution in [2.24, 2.45) is 0 Å². The molecule has 0 saturated carbocycles. The molecule has 2 atom stereocenters. The van der Waals surface area contributed by atoms with Crippen molar-refractivity contribution in [2.75, 3.05) is 33.2 Å². The van der Waals surface area contributed by atoms with E-state index in [4.69, 9.17) is 9.47 Å². The zero-order chi connectivity index (χ0) is 20.8. The molecule has 2 aromatic carbocycles. The van der Waals surface area contributed by atoms with Crippen LogP contribution in [0.25, 0.3) is 0 Å². The van der Waals surface area contributed by atoms with Crippen molar-refractivity contribution in [3.05, 3.63) is 60.2 Å². The molecule has 0 radical (unpaired) electrons. The fourth-order valence-electron chi connectivity index (χ4n) is 3.20. The van der Waals surface area contributed by atoms with E-state index in [-0.39, 0.29) is 5.91 Å². The average molecular weight is 396 g/mol. The number of amides is 1. The van der Waals surface area contributed by atoms with Crippen LogP contribution in [0, 0.1) is 0 Å². The number of hydrogen-bond acceptors (Lipinski definition) is 5. The minimum Gasteiger partial charge on any atom is -0.457 e. The topological polar surface area (TPSA) is 59.1 Å². The Morgan fingerprint density at radius 1 is 0.862 bits per heavy atom. The molecule has 0 unspecified atom stereocenters. The summed E-state index contributed by atoms with van der Waals surface area (Å²) < 4.78 is 11.2. The first kappa shape index (κ1) is 20.9. The van der Waals surface area contributed by atoms with Crippen molar-refractivity contribution in [3.63, 3.8) is 0 Å². The summed E-state index contributed by atoms with van der Waals surface area (Å²) in [5, 5.41) is 0. The Bertz CT molecular complexity index is 815. The summed E-state index contributed by atoms with van der Waals surface area (Å²) in [6.07, 6.45) is -0.783. The second-order valence-corrected chi connectivity index (χ2v) is 7.41. The number of ether oxygens (including phenoxy) is 2. The molecule has 1 saturated heterocycles. The molecule has 6 heteroatoms. The highest BCUT2D eigenvalue weighted by Crippen LogP contribution is 2.25. The Balaban J connectivity index is 1.54. The molecule has 1 aliphatic heterocycles. The lowest BCUT2D eigenvalue weighted by atomic mass is 10.0. The van der Waals surface area contributed by atoms with Crippen LogP contribution in [0.5, 0.6) is 11.5 Å². The number of nitrogens with zero attached hydrogens (tertiary/aromatic N) is 2. The summed E-state index contributed by atoms with van der Waals surface area (Å²) in [6.45, 7) is 6.41. The molecule has 154 valence electrons. The number of carbonyl (C=O) groups excluding carboxylic acids is 2. The molecule has 2 aromatic rings. The number of benzene rings is 2. The highest BCUT2D eigenvalue weighted by atomic mass is 16.5. The Hall–Kier alpha value is -2.86. The van der Waals surface area contributed by atoms with E-state index in [2.05, 4.69) is 4.90 Å². The third kappa shape index (κ3) is 5.57. The van der Waals surface area contributed by atoms with Gasteiger partial charge in [-0.25, -0.2) is 0 Å². The fourth-order valence-corrected chi connectivity index (χ4v) is 3.20. The zero-order valence-corrected chi connectivity index (χ0v) is 17.2. The summed E-state index contributed by atoms with van der Waals surface area (Å²) in [5.41, 5.74) is 0.814. The smallest absolute Gasteiger partial charge is 0.313 e. The van der Waals surface area contributed by atoms with Crippen LogP contribution >= 0.6 is 0 Å². The van der Waals surface area contributed by atoms with Crippen molar-refractivity contribution in [2.45, 2.75) is 25.9 Å². The van der Waals surface area contributed by atoms with E-state index in [1.807, 2.05) is 61.6 Å². The highest BCUT2D eigenvalue weighted by molar-refractivity contribution is 5.85. The highest BCUT2D eigenvalue weighted by Gasteiger charge is 2.28. The van der Waals surface area contributed by atoms with E-state index in [0.717, 1.165) is 24.4 Å². The molecule has 0 spiro atoms. The minimum absolute atomic E-state index is 0.134. The molecule has 3 rings (SSSR count). The first-order valence-corrected chi connectivity index (χ1v) is 9.94. The maximum atomic E-state index is 12.5. The van der Waals surface area contributed by atoms with Crippen LogP contribution in [0.3, 0.4) is 0 Å². The Labute approximate surface area is 172 Å². The van der Waals surface area contributed by atoms with Crippen LogP contribution in [0.2, 0.25) is 0 Å². The minimum atomic E-state index is -0.783. The van der Waals surface area contributed by atoms with Gasteiger partial charge in [-0.3, -0.25) is 9.59 Å². The third-order valence-electron chi connectivity index (χ3n) is 5.17. The lowest BCUT2D eigenvalue weighted by Gasteiger charge is -2.33. The normalized spacial score (nSPS) is 16.7. The lowest BCUT2D eigenvalue weighted by molar-refractivity contribution is -0.160. The third-order valence-corrected chi connectivity index (χ3v) is 5.17. The van der Waals surface area contributed by atoms with Crippen LogP contribution in [-0.2, 0) is 14.3 Å². The number of hydrogen-bond donors (Lipinski definition) is 0. The van der Waals surface area contributed by atoms with Gasteiger partial charge < -0.3 is 19.3 Å². The van der Waals surface area contributed by atoms with Crippen LogP contribution in [0.4, 0.5) is 0 Å². The molecule has 0 aliphatic carbocycles. The van der Waals surface area contributed by atoms with E-state index in [9.17, 15) is 9.59 Å². The summed E-state index contributed by atoms with van der Waals surface area (Å²) in [7, 11) is 2.03. The Kier molecular flexibility index (Phi) is 6.88. The van der Waals surface area contributed by atoms with E-state index in [1.54, 1.807) is 18.7 Å². The number of para-hydroxylation sites is 1.